The number of esters is 1. The van der Waals surface area contributed by atoms with E-state index < -0.39 is 6.04 Å². The molecule has 1 fully saturated rings. The summed E-state index contributed by atoms with van der Waals surface area (Å²) < 4.78 is 5.16. The van der Waals surface area contributed by atoms with Crippen LogP contribution in [0.15, 0.2) is 30.3 Å². The molecule has 4 heteroatoms. The van der Waals surface area contributed by atoms with E-state index in [1.807, 2.05) is 30.3 Å². The van der Waals surface area contributed by atoms with Crippen LogP contribution in [0.1, 0.15) is 52.0 Å². The van der Waals surface area contributed by atoms with E-state index in [0.29, 0.717) is 24.9 Å². The van der Waals surface area contributed by atoms with Crippen LogP contribution >= 0.6 is 0 Å². The number of ether oxygens (including phenoxy) is 1. The molecule has 0 radical (unpaired) electrons. The standard InChI is InChI=1S/C21H31NO3/c1-4-25-21(24)19(14-16-8-6-5-7-9-16)22-20(23)18-12-10-17(11-13-18)15(2)3/h5-9,15,17-19H,4,10-14H2,1-3H3,(H,22,23)/t17?,18?,19-/m0/s1. The van der Waals surface area contributed by atoms with Crippen molar-refractivity contribution >= 4 is 11.9 Å². The van der Waals surface area contributed by atoms with Crippen molar-refractivity contribution < 1.29 is 14.3 Å². The van der Waals surface area contributed by atoms with Gasteiger partial charge in [-0.15, -0.1) is 0 Å². The summed E-state index contributed by atoms with van der Waals surface area (Å²) in [5.74, 6) is 1.05. The van der Waals surface area contributed by atoms with Gasteiger partial charge in [-0.2, -0.15) is 0 Å². The highest BCUT2D eigenvalue weighted by Gasteiger charge is 2.30. The van der Waals surface area contributed by atoms with Gasteiger partial charge in [0.1, 0.15) is 6.04 Å². The SMILES string of the molecule is CCOC(=O)[C@H](Cc1ccccc1)NC(=O)C1CCC(C(C)C)CC1. The Balaban J connectivity index is 1.96. The monoisotopic (exact) mass is 345 g/mol. The average molecular weight is 345 g/mol. The Hall–Kier alpha value is -1.84. The number of hydrogen-bond donors (Lipinski definition) is 1. The Morgan fingerprint density at radius 3 is 2.32 bits per heavy atom. The summed E-state index contributed by atoms with van der Waals surface area (Å²) in [5.41, 5.74) is 1.02. The van der Waals surface area contributed by atoms with Crippen LogP contribution < -0.4 is 5.32 Å². The molecule has 0 heterocycles. The lowest BCUT2D eigenvalue weighted by Gasteiger charge is -2.31. The summed E-state index contributed by atoms with van der Waals surface area (Å²) in [4.78, 5) is 24.9. The van der Waals surface area contributed by atoms with Crippen molar-refractivity contribution in [2.45, 2.75) is 58.9 Å². The van der Waals surface area contributed by atoms with E-state index in [1.54, 1.807) is 6.92 Å². The van der Waals surface area contributed by atoms with Gasteiger partial charge in [-0.05, 0) is 50.0 Å². The van der Waals surface area contributed by atoms with Crippen LogP contribution in [0.4, 0.5) is 0 Å². The van der Waals surface area contributed by atoms with E-state index in [4.69, 9.17) is 4.74 Å². The van der Waals surface area contributed by atoms with E-state index in [-0.39, 0.29) is 17.8 Å². The topological polar surface area (TPSA) is 55.4 Å². The molecule has 0 aliphatic heterocycles. The molecule has 1 N–H and O–H groups in total. The lowest BCUT2D eigenvalue weighted by Crippen LogP contribution is -2.46. The zero-order chi connectivity index (χ0) is 18.2. The van der Waals surface area contributed by atoms with E-state index in [9.17, 15) is 9.59 Å². The van der Waals surface area contributed by atoms with Crippen molar-refractivity contribution in [2.75, 3.05) is 6.61 Å². The Morgan fingerprint density at radius 1 is 1.12 bits per heavy atom. The van der Waals surface area contributed by atoms with Crippen molar-refractivity contribution in [3.63, 3.8) is 0 Å². The second-order valence-electron chi connectivity index (χ2n) is 7.36. The van der Waals surface area contributed by atoms with Crippen LogP contribution in [0.5, 0.6) is 0 Å². The molecular formula is C21H31NO3. The van der Waals surface area contributed by atoms with Gasteiger partial charge in [0.2, 0.25) is 5.91 Å². The number of carbonyl (C=O) groups excluding carboxylic acids is 2. The van der Waals surface area contributed by atoms with Gasteiger partial charge in [0, 0.05) is 12.3 Å². The van der Waals surface area contributed by atoms with E-state index in [0.717, 1.165) is 31.2 Å². The third-order valence-electron chi connectivity index (χ3n) is 5.26. The number of rotatable bonds is 7. The van der Waals surface area contributed by atoms with Crippen LogP contribution in [0, 0.1) is 17.8 Å². The van der Waals surface area contributed by atoms with Crippen molar-refractivity contribution in [3.8, 4) is 0 Å². The van der Waals surface area contributed by atoms with Crippen molar-refractivity contribution in [3.05, 3.63) is 35.9 Å². The summed E-state index contributed by atoms with van der Waals surface area (Å²) in [6.45, 7) is 6.61. The first-order chi connectivity index (χ1) is 12.0. The maximum atomic E-state index is 12.7. The molecule has 0 unspecified atom stereocenters. The smallest absolute Gasteiger partial charge is 0.328 e. The van der Waals surface area contributed by atoms with E-state index in [2.05, 4.69) is 19.2 Å². The van der Waals surface area contributed by atoms with Gasteiger partial charge in [-0.25, -0.2) is 4.79 Å². The molecule has 1 aromatic rings. The Bertz CT molecular complexity index is 548. The molecule has 25 heavy (non-hydrogen) atoms. The molecule has 1 atom stereocenters. The summed E-state index contributed by atoms with van der Waals surface area (Å²) >= 11 is 0. The van der Waals surface area contributed by atoms with Crippen molar-refractivity contribution in [1.29, 1.82) is 0 Å². The Morgan fingerprint density at radius 2 is 1.76 bits per heavy atom. The molecule has 4 nitrogen and oxygen atoms in total. The minimum Gasteiger partial charge on any atom is -0.464 e. The third kappa shape index (κ3) is 5.87. The first-order valence-electron chi connectivity index (χ1n) is 9.52. The largest absolute Gasteiger partial charge is 0.464 e. The van der Waals surface area contributed by atoms with Crippen LogP contribution in [-0.4, -0.2) is 24.5 Å². The third-order valence-corrected chi connectivity index (χ3v) is 5.26. The fourth-order valence-corrected chi connectivity index (χ4v) is 3.62. The first-order valence-corrected chi connectivity index (χ1v) is 9.52. The molecule has 1 amide bonds. The molecule has 2 rings (SSSR count). The van der Waals surface area contributed by atoms with Crippen LogP contribution in [0.25, 0.3) is 0 Å². The molecule has 0 saturated heterocycles. The number of hydrogen-bond acceptors (Lipinski definition) is 3. The minimum atomic E-state index is -0.613. The maximum Gasteiger partial charge on any atom is 0.328 e. The molecule has 0 spiro atoms. The number of amides is 1. The first kappa shape index (κ1) is 19.5. The summed E-state index contributed by atoms with van der Waals surface area (Å²) in [7, 11) is 0. The van der Waals surface area contributed by atoms with E-state index >= 15 is 0 Å². The van der Waals surface area contributed by atoms with Gasteiger partial charge in [0.25, 0.3) is 0 Å². The quantitative estimate of drug-likeness (QED) is 0.766. The Labute approximate surface area is 151 Å². The summed E-state index contributed by atoms with van der Waals surface area (Å²) in [6, 6.07) is 9.13. The van der Waals surface area contributed by atoms with E-state index in [1.165, 1.54) is 0 Å². The van der Waals surface area contributed by atoms with Crippen LogP contribution in [-0.2, 0) is 20.7 Å². The molecule has 1 aliphatic carbocycles. The Kier molecular flexibility index (Phi) is 7.48. The molecule has 1 aromatic carbocycles. The summed E-state index contributed by atoms with van der Waals surface area (Å²) in [6.07, 6.45) is 4.48. The van der Waals surface area contributed by atoms with Crippen LogP contribution in [0.3, 0.4) is 0 Å². The molecular weight excluding hydrogens is 314 g/mol. The van der Waals surface area contributed by atoms with Gasteiger partial charge in [0.15, 0.2) is 0 Å². The second-order valence-corrected chi connectivity index (χ2v) is 7.36. The molecule has 0 aromatic heterocycles. The predicted octanol–water partition coefficient (Wildman–Crippen LogP) is 3.74. The van der Waals surface area contributed by atoms with Gasteiger partial charge in [-0.3, -0.25) is 4.79 Å². The zero-order valence-electron chi connectivity index (χ0n) is 15.7. The second kappa shape index (κ2) is 9.59. The van der Waals surface area contributed by atoms with Gasteiger partial charge < -0.3 is 10.1 Å². The van der Waals surface area contributed by atoms with Gasteiger partial charge in [-0.1, -0.05) is 44.2 Å². The highest BCUT2D eigenvalue weighted by atomic mass is 16.5. The maximum absolute atomic E-state index is 12.7. The normalized spacial score (nSPS) is 21.6. The summed E-state index contributed by atoms with van der Waals surface area (Å²) in [5, 5.41) is 2.95. The van der Waals surface area contributed by atoms with Gasteiger partial charge in [0.05, 0.1) is 6.61 Å². The lowest BCUT2D eigenvalue weighted by atomic mass is 9.76. The number of carbonyl (C=O) groups is 2. The van der Waals surface area contributed by atoms with Crippen molar-refractivity contribution in [1.82, 2.24) is 5.32 Å². The highest BCUT2D eigenvalue weighted by molar-refractivity contribution is 5.86. The fraction of sp³-hybridized carbons (Fsp3) is 0.619. The fourth-order valence-electron chi connectivity index (χ4n) is 3.62. The predicted molar refractivity (Wildman–Crippen MR) is 99.0 cm³/mol. The molecule has 138 valence electrons. The molecule has 1 saturated carbocycles. The zero-order valence-corrected chi connectivity index (χ0v) is 15.7. The average Bonchev–Trinajstić information content (AvgIpc) is 2.62. The number of benzene rings is 1. The number of nitrogens with one attached hydrogen (secondary N) is 1. The molecule has 0 bridgehead atoms. The van der Waals surface area contributed by atoms with Crippen molar-refractivity contribution in [2.24, 2.45) is 17.8 Å². The van der Waals surface area contributed by atoms with Gasteiger partial charge >= 0.3 is 5.97 Å². The lowest BCUT2D eigenvalue weighted by molar-refractivity contribution is -0.148. The highest BCUT2D eigenvalue weighted by Crippen LogP contribution is 2.33. The van der Waals surface area contributed by atoms with Crippen LogP contribution in [0.2, 0.25) is 0 Å². The molecule has 1 aliphatic rings. The minimum absolute atomic E-state index is 0.00353.